The van der Waals surface area contributed by atoms with Gasteiger partial charge in [0.05, 0.1) is 0 Å². The average Bonchev–Trinajstić information content (AvgIpc) is 2.64. The molecule has 0 atom stereocenters. The van der Waals surface area contributed by atoms with E-state index in [0.29, 0.717) is 5.19 Å². The van der Waals surface area contributed by atoms with Crippen molar-refractivity contribution in [3.8, 4) is 10.9 Å². The fourth-order valence-corrected chi connectivity index (χ4v) is 1.72. The van der Waals surface area contributed by atoms with E-state index in [1.54, 1.807) is 5.38 Å². The highest BCUT2D eigenvalue weighted by Gasteiger charge is 2.05. The molecule has 1 radical (unpaired) electrons. The van der Waals surface area contributed by atoms with Crippen LogP contribution in [-0.4, -0.2) is 4.98 Å². The van der Waals surface area contributed by atoms with Gasteiger partial charge in [0.25, 0.3) is 5.19 Å². The monoisotopic (exact) mass is 204 g/mol. The maximum atomic E-state index is 5.66. The molecule has 3 heteroatoms. The lowest BCUT2D eigenvalue weighted by Crippen LogP contribution is -1.89. The van der Waals surface area contributed by atoms with Gasteiger partial charge in [-0.25, -0.2) is 4.98 Å². The van der Waals surface area contributed by atoms with Gasteiger partial charge in [0.15, 0.2) is 0 Å². The van der Waals surface area contributed by atoms with Crippen LogP contribution in [0.1, 0.15) is 11.1 Å². The fourth-order valence-electron chi connectivity index (χ4n) is 1.28. The summed E-state index contributed by atoms with van der Waals surface area (Å²) >= 11 is 1.45. The Balaban J connectivity index is 2.33. The molecule has 71 valence electrons. The number of nitrogens with zero attached hydrogens (tertiary/aromatic N) is 1. The standard InChI is InChI=1S/C11H10NOS/c1-8-4-3-5-9(2)10(8)13-11-12-6-7-14-11/h3-5,7H,1-2H3. The molecule has 0 fully saturated rings. The zero-order valence-corrected chi connectivity index (χ0v) is 8.89. The Morgan fingerprint density at radius 1 is 1.29 bits per heavy atom. The van der Waals surface area contributed by atoms with Crippen molar-refractivity contribution in [3.63, 3.8) is 0 Å². The highest BCUT2D eigenvalue weighted by Crippen LogP contribution is 2.29. The molecular weight excluding hydrogens is 194 g/mol. The molecule has 0 unspecified atom stereocenters. The van der Waals surface area contributed by atoms with Gasteiger partial charge in [-0.3, -0.25) is 0 Å². The quantitative estimate of drug-likeness (QED) is 0.748. The van der Waals surface area contributed by atoms with Crippen LogP contribution in [0.4, 0.5) is 0 Å². The number of hydrogen-bond acceptors (Lipinski definition) is 3. The van der Waals surface area contributed by atoms with Crippen LogP contribution in [0.2, 0.25) is 0 Å². The first-order valence-electron chi connectivity index (χ1n) is 4.33. The van der Waals surface area contributed by atoms with Crippen molar-refractivity contribution in [1.29, 1.82) is 0 Å². The summed E-state index contributed by atoms with van der Waals surface area (Å²) < 4.78 is 5.66. The van der Waals surface area contributed by atoms with Crippen molar-refractivity contribution in [1.82, 2.24) is 4.98 Å². The third-order valence-corrected chi connectivity index (χ3v) is 2.57. The predicted octanol–water partition coefficient (Wildman–Crippen LogP) is 3.35. The maximum absolute atomic E-state index is 5.66. The Hall–Kier alpha value is -1.35. The molecule has 0 bridgehead atoms. The van der Waals surface area contributed by atoms with E-state index >= 15 is 0 Å². The minimum atomic E-state index is 0.641. The highest BCUT2D eigenvalue weighted by molar-refractivity contribution is 7.11. The van der Waals surface area contributed by atoms with E-state index in [9.17, 15) is 0 Å². The van der Waals surface area contributed by atoms with E-state index in [0.717, 1.165) is 16.9 Å². The minimum absolute atomic E-state index is 0.641. The summed E-state index contributed by atoms with van der Waals surface area (Å²) in [7, 11) is 0. The molecule has 0 amide bonds. The van der Waals surface area contributed by atoms with Crippen LogP contribution >= 0.6 is 11.3 Å². The number of ether oxygens (including phenoxy) is 1. The van der Waals surface area contributed by atoms with Gasteiger partial charge in [0, 0.05) is 5.38 Å². The van der Waals surface area contributed by atoms with Gasteiger partial charge in [0.1, 0.15) is 11.9 Å². The van der Waals surface area contributed by atoms with E-state index in [2.05, 4.69) is 11.2 Å². The number of aromatic nitrogens is 1. The third-order valence-electron chi connectivity index (χ3n) is 1.97. The van der Waals surface area contributed by atoms with Crippen LogP contribution < -0.4 is 4.74 Å². The van der Waals surface area contributed by atoms with Gasteiger partial charge in [-0.05, 0) is 25.0 Å². The molecule has 2 aromatic rings. The Morgan fingerprint density at radius 3 is 2.57 bits per heavy atom. The van der Waals surface area contributed by atoms with Crippen LogP contribution in [-0.2, 0) is 0 Å². The molecule has 1 aromatic carbocycles. The second-order valence-electron chi connectivity index (χ2n) is 3.07. The van der Waals surface area contributed by atoms with Crippen LogP contribution in [0.15, 0.2) is 23.6 Å². The molecule has 0 saturated carbocycles. The number of para-hydroxylation sites is 1. The first kappa shape index (κ1) is 9.21. The summed E-state index contributed by atoms with van der Waals surface area (Å²) in [5, 5.41) is 2.42. The number of benzene rings is 1. The summed E-state index contributed by atoms with van der Waals surface area (Å²) in [6.07, 6.45) is 2.73. The molecule has 14 heavy (non-hydrogen) atoms. The summed E-state index contributed by atoms with van der Waals surface area (Å²) in [4.78, 5) is 3.97. The molecule has 1 aromatic heterocycles. The SMILES string of the molecule is Cc1cccc(C)c1Oc1n[c]cs1. The topological polar surface area (TPSA) is 22.1 Å². The van der Waals surface area contributed by atoms with E-state index in [-0.39, 0.29) is 0 Å². The lowest BCUT2D eigenvalue weighted by atomic mass is 10.1. The van der Waals surface area contributed by atoms with E-state index in [1.807, 2.05) is 32.0 Å². The van der Waals surface area contributed by atoms with E-state index in [4.69, 9.17) is 4.74 Å². The molecule has 0 saturated heterocycles. The molecule has 1 heterocycles. The second-order valence-corrected chi connectivity index (χ2v) is 3.89. The van der Waals surface area contributed by atoms with Crippen molar-refractivity contribution < 1.29 is 4.74 Å². The van der Waals surface area contributed by atoms with Gasteiger partial charge >= 0.3 is 0 Å². The molecule has 0 aliphatic carbocycles. The van der Waals surface area contributed by atoms with E-state index in [1.165, 1.54) is 11.3 Å². The van der Waals surface area contributed by atoms with E-state index < -0.39 is 0 Å². The molecule has 2 nitrogen and oxygen atoms in total. The highest BCUT2D eigenvalue weighted by atomic mass is 32.1. The number of aryl methyl sites for hydroxylation is 2. The van der Waals surface area contributed by atoms with Crippen molar-refractivity contribution in [2.24, 2.45) is 0 Å². The Bertz CT molecular complexity index is 403. The lowest BCUT2D eigenvalue weighted by molar-refractivity contribution is 0.471. The van der Waals surface area contributed by atoms with Gasteiger partial charge in [-0.2, -0.15) is 0 Å². The largest absolute Gasteiger partial charge is 0.430 e. The summed E-state index contributed by atoms with van der Waals surface area (Å²) in [5.74, 6) is 0.899. The van der Waals surface area contributed by atoms with Crippen LogP contribution in [0.5, 0.6) is 10.9 Å². The van der Waals surface area contributed by atoms with Crippen molar-refractivity contribution in [2.75, 3.05) is 0 Å². The third kappa shape index (κ3) is 1.77. The Labute approximate surface area is 87.2 Å². The van der Waals surface area contributed by atoms with Gasteiger partial charge in [-0.15, -0.1) is 0 Å². The number of hydrogen-bond donors (Lipinski definition) is 0. The Morgan fingerprint density at radius 2 is 2.00 bits per heavy atom. The average molecular weight is 204 g/mol. The van der Waals surface area contributed by atoms with Gasteiger partial charge in [0.2, 0.25) is 0 Å². The Kier molecular flexibility index (Phi) is 2.50. The minimum Gasteiger partial charge on any atom is -0.430 e. The van der Waals surface area contributed by atoms with Crippen LogP contribution in [0, 0.1) is 20.0 Å². The zero-order valence-electron chi connectivity index (χ0n) is 8.07. The first-order chi connectivity index (χ1) is 6.77. The molecule has 0 spiro atoms. The zero-order chi connectivity index (χ0) is 9.97. The molecule has 0 aliphatic rings. The molecule has 2 rings (SSSR count). The van der Waals surface area contributed by atoms with Crippen molar-refractivity contribution >= 4 is 11.3 Å². The lowest BCUT2D eigenvalue weighted by Gasteiger charge is -2.08. The second kappa shape index (κ2) is 3.80. The number of thiazole rings is 1. The predicted molar refractivity (Wildman–Crippen MR) is 56.9 cm³/mol. The summed E-state index contributed by atoms with van der Waals surface area (Å²) in [6.45, 7) is 4.05. The smallest absolute Gasteiger partial charge is 0.279 e. The number of rotatable bonds is 2. The normalized spacial score (nSPS) is 10.1. The van der Waals surface area contributed by atoms with Gasteiger partial charge < -0.3 is 4.74 Å². The molecule has 0 aliphatic heterocycles. The first-order valence-corrected chi connectivity index (χ1v) is 5.21. The van der Waals surface area contributed by atoms with Gasteiger partial charge in [-0.1, -0.05) is 29.5 Å². The summed E-state index contributed by atoms with van der Waals surface area (Å²) in [5.41, 5.74) is 2.25. The van der Waals surface area contributed by atoms with Crippen LogP contribution in [0.3, 0.4) is 0 Å². The maximum Gasteiger partial charge on any atom is 0.279 e. The fraction of sp³-hybridized carbons (Fsp3) is 0.182. The summed E-state index contributed by atoms with van der Waals surface area (Å²) in [6, 6.07) is 6.07. The van der Waals surface area contributed by atoms with Crippen molar-refractivity contribution in [3.05, 3.63) is 40.9 Å². The van der Waals surface area contributed by atoms with Crippen molar-refractivity contribution in [2.45, 2.75) is 13.8 Å². The molecular formula is C11H10NOS. The van der Waals surface area contributed by atoms with Crippen LogP contribution in [0.25, 0.3) is 0 Å². The molecule has 0 N–H and O–H groups in total.